The standard InChI is InChI=1S/C11H13N3O5/c12-8(15)3-2-7(11(18)19)14-10(17)6-1-4-9(16)13-5-6/h1,4-5,7H,2-3H2,(H2,12,15)(H,13,16)(H,14,17)(H,18,19). The number of nitrogens with two attached hydrogens (primary N) is 1. The second-order valence-corrected chi connectivity index (χ2v) is 3.81. The molecule has 19 heavy (non-hydrogen) atoms. The van der Waals surface area contributed by atoms with E-state index in [0.717, 1.165) is 6.07 Å². The first-order valence-corrected chi connectivity index (χ1v) is 5.41. The molecule has 1 unspecified atom stereocenters. The normalized spacial score (nSPS) is 11.6. The van der Waals surface area contributed by atoms with Crippen LogP contribution < -0.4 is 16.6 Å². The maximum absolute atomic E-state index is 11.7. The highest BCUT2D eigenvalue weighted by molar-refractivity contribution is 5.96. The second-order valence-electron chi connectivity index (χ2n) is 3.81. The van der Waals surface area contributed by atoms with Crippen molar-refractivity contribution in [3.63, 3.8) is 0 Å². The molecule has 0 saturated carbocycles. The average molecular weight is 267 g/mol. The number of carboxylic acids is 1. The molecule has 1 aromatic heterocycles. The molecule has 8 nitrogen and oxygen atoms in total. The molecular weight excluding hydrogens is 254 g/mol. The van der Waals surface area contributed by atoms with Gasteiger partial charge in [0.2, 0.25) is 11.5 Å². The second kappa shape index (κ2) is 6.34. The van der Waals surface area contributed by atoms with Crippen molar-refractivity contribution in [3.8, 4) is 0 Å². The van der Waals surface area contributed by atoms with E-state index in [1.54, 1.807) is 0 Å². The summed E-state index contributed by atoms with van der Waals surface area (Å²) in [7, 11) is 0. The quantitative estimate of drug-likeness (QED) is 0.513. The fraction of sp³-hybridized carbons (Fsp3) is 0.273. The van der Waals surface area contributed by atoms with Gasteiger partial charge < -0.3 is 21.1 Å². The number of aromatic amines is 1. The van der Waals surface area contributed by atoms with Crippen LogP contribution >= 0.6 is 0 Å². The van der Waals surface area contributed by atoms with Gasteiger partial charge in [0, 0.05) is 18.7 Å². The molecule has 0 radical (unpaired) electrons. The van der Waals surface area contributed by atoms with E-state index in [4.69, 9.17) is 10.8 Å². The minimum absolute atomic E-state index is 0.0975. The number of nitrogens with one attached hydrogen (secondary N) is 2. The summed E-state index contributed by atoms with van der Waals surface area (Å²) in [6.07, 6.45) is 0.924. The highest BCUT2D eigenvalue weighted by Gasteiger charge is 2.21. The van der Waals surface area contributed by atoms with Crippen molar-refractivity contribution in [2.75, 3.05) is 0 Å². The van der Waals surface area contributed by atoms with Crippen LogP contribution in [0.15, 0.2) is 23.1 Å². The molecule has 0 saturated heterocycles. The van der Waals surface area contributed by atoms with Gasteiger partial charge in [-0.25, -0.2) is 4.79 Å². The molecule has 0 aliphatic heterocycles. The van der Waals surface area contributed by atoms with Crippen LogP contribution in [0.5, 0.6) is 0 Å². The Labute approximate surface area is 107 Å². The number of rotatable bonds is 6. The summed E-state index contributed by atoms with van der Waals surface area (Å²) < 4.78 is 0. The topological polar surface area (TPSA) is 142 Å². The lowest BCUT2D eigenvalue weighted by Crippen LogP contribution is -2.41. The largest absolute Gasteiger partial charge is 0.480 e. The van der Waals surface area contributed by atoms with Gasteiger partial charge in [-0.15, -0.1) is 0 Å². The van der Waals surface area contributed by atoms with Gasteiger partial charge in [-0.05, 0) is 12.5 Å². The van der Waals surface area contributed by atoms with Gasteiger partial charge in [-0.3, -0.25) is 14.4 Å². The number of aliphatic carboxylic acids is 1. The number of hydrogen-bond donors (Lipinski definition) is 4. The van der Waals surface area contributed by atoms with E-state index in [1.807, 2.05) is 0 Å². The Hall–Kier alpha value is -2.64. The minimum Gasteiger partial charge on any atom is -0.480 e. The molecule has 102 valence electrons. The van der Waals surface area contributed by atoms with E-state index in [9.17, 15) is 19.2 Å². The van der Waals surface area contributed by atoms with Crippen LogP contribution in [-0.4, -0.2) is 33.9 Å². The third-order valence-electron chi connectivity index (χ3n) is 2.33. The Bertz CT molecular complexity index is 531. The van der Waals surface area contributed by atoms with Gasteiger partial charge in [0.15, 0.2) is 0 Å². The van der Waals surface area contributed by atoms with Gasteiger partial charge in [-0.1, -0.05) is 0 Å². The van der Waals surface area contributed by atoms with Crippen molar-refractivity contribution < 1.29 is 19.5 Å². The minimum atomic E-state index is -1.26. The number of hydrogen-bond acceptors (Lipinski definition) is 4. The molecule has 1 rings (SSSR count). The third kappa shape index (κ3) is 4.62. The number of pyridine rings is 1. The van der Waals surface area contributed by atoms with E-state index in [1.165, 1.54) is 12.3 Å². The number of carboxylic acid groups (broad SMARTS) is 1. The van der Waals surface area contributed by atoms with Crippen LogP contribution in [0.3, 0.4) is 0 Å². The molecule has 0 spiro atoms. The highest BCUT2D eigenvalue weighted by Crippen LogP contribution is 2.00. The Morgan fingerprint density at radius 2 is 2.05 bits per heavy atom. The van der Waals surface area contributed by atoms with Crippen LogP contribution in [0.25, 0.3) is 0 Å². The fourth-order valence-corrected chi connectivity index (χ4v) is 1.34. The molecule has 0 bridgehead atoms. The number of carbonyl (C=O) groups excluding carboxylic acids is 2. The van der Waals surface area contributed by atoms with E-state index in [2.05, 4.69) is 10.3 Å². The molecule has 0 aliphatic rings. The molecule has 5 N–H and O–H groups in total. The van der Waals surface area contributed by atoms with Crippen molar-refractivity contribution in [3.05, 3.63) is 34.2 Å². The zero-order chi connectivity index (χ0) is 14.4. The predicted molar refractivity (Wildman–Crippen MR) is 64.4 cm³/mol. The summed E-state index contributed by atoms with van der Waals surface area (Å²) in [6, 6.07) is 1.20. The Morgan fingerprint density at radius 3 is 2.53 bits per heavy atom. The number of amides is 2. The average Bonchev–Trinajstić information content (AvgIpc) is 2.34. The Balaban J connectivity index is 2.70. The summed E-state index contributed by atoms with van der Waals surface area (Å²) in [4.78, 5) is 46.3. The molecule has 2 amide bonds. The van der Waals surface area contributed by atoms with Crippen LogP contribution in [0, 0.1) is 0 Å². The third-order valence-corrected chi connectivity index (χ3v) is 2.33. The lowest BCUT2D eigenvalue weighted by atomic mass is 10.1. The smallest absolute Gasteiger partial charge is 0.326 e. The molecule has 0 fully saturated rings. The molecular formula is C11H13N3O5. The first-order valence-electron chi connectivity index (χ1n) is 5.41. The Morgan fingerprint density at radius 1 is 1.37 bits per heavy atom. The predicted octanol–water partition coefficient (Wildman–Crippen LogP) is -1.18. The van der Waals surface area contributed by atoms with Crippen molar-refractivity contribution in [1.82, 2.24) is 10.3 Å². The van der Waals surface area contributed by atoms with E-state index >= 15 is 0 Å². The van der Waals surface area contributed by atoms with E-state index in [-0.39, 0.29) is 24.0 Å². The summed E-state index contributed by atoms with van der Waals surface area (Å²) >= 11 is 0. The maximum atomic E-state index is 11.7. The number of H-pyrrole nitrogens is 1. The van der Waals surface area contributed by atoms with Crippen molar-refractivity contribution >= 4 is 17.8 Å². The number of primary amides is 1. The summed E-state index contributed by atoms with van der Waals surface area (Å²) in [5, 5.41) is 11.1. The molecule has 1 heterocycles. The van der Waals surface area contributed by atoms with Crippen LogP contribution in [0.4, 0.5) is 0 Å². The van der Waals surface area contributed by atoms with Gasteiger partial charge in [0.05, 0.1) is 5.56 Å². The van der Waals surface area contributed by atoms with E-state index < -0.39 is 23.8 Å². The van der Waals surface area contributed by atoms with Gasteiger partial charge in [-0.2, -0.15) is 0 Å². The van der Waals surface area contributed by atoms with Crippen LogP contribution in [0.2, 0.25) is 0 Å². The number of aromatic nitrogens is 1. The zero-order valence-electron chi connectivity index (χ0n) is 9.88. The molecule has 0 aliphatic carbocycles. The summed E-state index contributed by atoms with van der Waals surface area (Å²) in [5.41, 5.74) is 4.66. The first kappa shape index (κ1) is 14.4. The van der Waals surface area contributed by atoms with Crippen molar-refractivity contribution in [2.24, 2.45) is 5.73 Å². The lowest BCUT2D eigenvalue weighted by molar-refractivity contribution is -0.139. The zero-order valence-corrected chi connectivity index (χ0v) is 9.88. The summed E-state index contributed by atoms with van der Waals surface area (Å²) in [6.45, 7) is 0. The molecule has 0 aromatic carbocycles. The molecule has 1 aromatic rings. The Kier molecular flexibility index (Phi) is 4.81. The van der Waals surface area contributed by atoms with Gasteiger partial charge in [0.25, 0.3) is 5.91 Å². The number of carbonyl (C=O) groups is 3. The lowest BCUT2D eigenvalue weighted by Gasteiger charge is -2.13. The maximum Gasteiger partial charge on any atom is 0.326 e. The SMILES string of the molecule is NC(=O)CCC(NC(=O)c1ccc(=O)[nH]c1)C(=O)O. The van der Waals surface area contributed by atoms with Crippen molar-refractivity contribution in [1.29, 1.82) is 0 Å². The fourth-order valence-electron chi connectivity index (χ4n) is 1.34. The molecule has 1 atom stereocenters. The monoisotopic (exact) mass is 267 g/mol. The summed E-state index contributed by atoms with van der Waals surface area (Å²) in [5.74, 6) is -2.57. The van der Waals surface area contributed by atoms with Crippen LogP contribution in [-0.2, 0) is 9.59 Å². The first-order chi connectivity index (χ1) is 8.90. The van der Waals surface area contributed by atoms with E-state index in [0.29, 0.717) is 0 Å². The highest BCUT2D eigenvalue weighted by atomic mass is 16.4. The van der Waals surface area contributed by atoms with Gasteiger partial charge >= 0.3 is 5.97 Å². The molecule has 8 heteroatoms. The van der Waals surface area contributed by atoms with Gasteiger partial charge in [0.1, 0.15) is 6.04 Å². The van der Waals surface area contributed by atoms with Crippen LogP contribution in [0.1, 0.15) is 23.2 Å². The van der Waals surface area contributed by atoms with Crippen molar-refractivity contribution in [2.45, 2.75) is 18.9 Å².